The highest BCUT2D eigenvalue weighted by Crippen LogP contribution is 2.19. The van der Waals surface area contributed by atoms with Crippen molar-refractivity contribution in [1.82, 2.24) is 9.88 Å². The number of amides is 1. The van der Waals surface area contributed by atoms with Gasteiger partial charge >= 0.3 is 0 Å². The topological polar surface area (TPSA) is 43.3 Å². The number of ether oxygens (including phenoxy) is 1. The first-order valence-corrected chi connectivity index (χ1v) is 7.79. The minimum atomic E-state index is -0.123. The summed E-state index contributed by atoms with van der Waals surface area (Å²) < 4.78 is 7.67. The van der Waals surface area contributed by atoms with Crippen LogP contribution in [0.25, 0.3) is 10.9 Å². The van der Waals surface area contributed by atoms with E-state index in [0.717, 1.165) is 12.2 Å². The largest absolute Gasteiger partial charge is 0.484 e. The van der Waals surface area contributed by atoms with Crippen molar-refractivity contribution < 1.29 is 9.53 Å². The Morgan fingerprint density at radius 2 is 1.83 bits per heavy atom. The maximum Gasteiger partial charge on any atom is 0.258 e. The Kier molecular flexibility index (Phi) is 4.62. The molecule has 1 aromatic heterocycles. The lowest BCUT2D eigenvalue weighted by atomic mass is 10.2. The first-order chi connectivity index (χ1) is 11.3. The molecule has 0 saturated carbocycles. The minimum Gasteiger partial charge on any atom is -0.484 e. The lowest BCUT2D eigenvalue weighted by Gasteiger charge is -2.10. The summed E-state index contributed by atoms with van der Waals surface area (Å²) in [4.78, 5) is 12.0. The second-order valence-electron chi connectivity index (χ2n) is 5.32. The molecule has 118 valence electrons. The number of benzene rings is 2. The summed E-state index contributed by atoms with van der Waals surface area (Å²) in [6, 6.07) is 19.7. The normalized spacial score (nSPS) is 10.7. The summed E-state index contributed by atoms with van der Waals surface area (Å²) in [5.41, 5.74) is 2.29. The van der Waals surface area contributed by atoms with Crippen LogP contribution in [0, 0.1) is 0 Å². The van der Waals surface area contributed by atoms with Gasteiger partial charge in [0.2, 0.25) is 0 Å². The molecule has 2 aromatic carbocycles. The Labute approximate surface area is 135 Å². The van der Waals surface area contributed by atoms with Gasteiger partial charge in [0, 0.05) is 17.8 Å². The van der Waals surface area contributed by atoms with Crippen LogP contribution in [0.2, 0.25) is 0 Å². The second kappa shape index (κ2) is 7.01. The summed E-state index contributed by atoms with van der Waals surface area (Å²) in [5.74, 6) is 0.576. The van der Waals surface area contributed by atoms with Crippen LogP contribution < -0.4 is 10.1 Å². The monoisotopic (exact) mass is 308 g/mol. The molecule has 0 atom stereocenters. The van der Waals surface area contributed by atoms with E-state index in [0.29, 0.717) is 12.3 Å². The van der Waals surface area contributed by atoms with Gasteiger partial charge in [0.05, 0.1) is 6.54 Å². The van der Waals surface area contributed by atoms with Gasteiger partial charge in [-0.25, -0.2) is 0 Å². The fraction of sp³-hybridized carbons (Fsp3) is 0.211. The predicted octanol–water partition coefficient (Wildman–Crippen LogP) is 3.36. The number of carbonyl (C=O) groups is 1. The first-order valence-electron chi connectivity index (χ1n) is 7.79. The van der Waals surface area contributed by atoms with Gasteiger partial charge in [-0.3, -0.25) is 4.79 Å². The lowest BCUT2D eigenvalue weighted by molar-refractivity contribution is -0.123. The van der Waals surface area contributed by atoms with Crippen molar-refractivity contribution in [3.05, 3.63) is 66.4 Å². The van der Waals surface area contributed by atoms with E-state index < -0.39 is 0 Å². The molecule has 4 heteroatoms. The van der Waals surface area contributed by atoms with Crippen molar-refractivity contribution in [2.75, 3.05) is 6.61 Å². The zero-order valence-electron chi connectivity index (χ0n) is 13.2. The summed E-state index contributed by atoms with van der Waals surface area (Å²) in [7, 11) is 0. The Bertz CT molecular complexity index is 793. The molecule has 0 aliphatic rings. The first kappa shape index (κ1) is 15.2. The van der Waals surface area contributed by atoms with Crippen LogP contribution >= 0.6 is 0 Å². The zero-order chi connectivity index (χ0) is 16.1. The van der Waals surface area contributed by atoms with Crippen LogP contribution in [0.15, 0.2) is 60.7 Å². The molecular formula is C19H20N2O2. The summed E-state index contributed by atoms with van der Waals surface area (Å²) >= 11 is 0. The predicted molar refractivity (Wildman–Crippen MR) is 91.4 cm³/mol. The molecule has 3 rings (SSSR count). The van der Waals surface area contributed by atoms with Gasteiger partial charge in [0.25, 0.3) is 5.91 Å². The highest BCUT2D eigenvalue weighted by atomic mass is 16.5. The molecule has 3 aromatic rings. The smallest absolute Gasteiger partial charge is 0.258 e. The number of carbonyl (C=O) groups excluding carboxylic acids is 1. The van der Waals surface area contributed by atoms with Crippen molar-refractivity contribution >= 4 is 16.8 Å². The zero-order valence-corrected chi connectivity index (χ0v) is 13.2. The maximum atomic E-state index is 12.0. The van der Waals surface area contributed by atoms with Crippen molar-refractivity contribution in [3.63, 3.8) is 0 Å². The van der Waals surface area contributed by atoms with E-state index in [1.54, 1.807) is 0 Å². The Balaban J connectivity index is 1.60. The van der Waals surface area contributed by atoms with Gasteiger partial charge in [0.15, 0.2) is 6.61 Å². The lowest BCUT2D eigenvalue weighted by Crippen LogP contribution is -2.29. The van der Waals surface area contributed by atoms with Crippen LogP contribution in [0.5, 0.6) is 5.75 Å². The van der Waals surface area contributed by atoms with Crippen molar-refractivity contribution in [2.45, 2.75) is 20.0 Å². The van der Waals surface area contributed by atoms with E-state index in [1.807, 2.05) is 42.5 Å². The number of aromatic nitrogens is 1. The highest BCUT2D eigenvalue weighted by molar-refractivity contribution is 5.82. The molecule has 1 N–H and O–H groups in total. The molecule has 1 heterocycles. The SMILES string of the molecule is CCn1c(CNC(=O)COc2ccccc2)cc2ccccc21. The third kappa shape index (κ3) is 3.54. The molecule has 0 spiro atoms. The van der Waals surface area contributed by atoms with Gasteiger partial charge in [-0.1, -0.05) is 36.4 Å². The third-order valence-corrected chi connectivity index (χ3v) is 3.79. The van der Waals surface area contributed by atoms with Crippen LogP contribution in [0.1, 0.15) is 12.6 Å². The highest BCUT2D eigenvalue weighted by Gasteiger charge is 2.09. The van der Waals surface area contributed by atoms with Crippen LogP contribution in [0.3, 0.4) is 0 Å². The average molecular weight is 308 g/mol. The van der Waals surface area contributed by atoms with E-state index in [-0.39, 0.29) is 12.5 Å². The van der Waals surface area contributed by atoms with Crippen molar-refractivity contribution in [3.8, 4) is 5.75 Å². The molecular weight excluding hydrogens is 288 g/mol. The van der Waals surface area contributed by atoms with E-state index in [9.17, 15) is 4.79 Å². The van der Waals surface area contributed by atoms with Gasteiger partial charge in [-0.15, -0.1) is 0 Å². The number of para-hydroxylation sites is 2. The fourth-order valence-corrected chi connectivity index (χ4v) is 2.69. The Morgan fingerprint density at radius 3 is 2.61 bits per heavy atom. The van der Waals surface area contributed by atoms with Crippen LogP contribution in [-0.4, -0.2) is 17.1 Å². The quantitative estimate of drug-likeness (QED) is 0.759. The number of fused-ring (bicyclic) bond motifs is 1. The average Bonchev–Trinajstić information content (AvgIpc) is 2.96. The Hall–Kier alpha value is -2.75. The van der Waals surface area contributed by atoms with Gasteiger partial charge in [-0.2, -0.15) is 0 Å². The number of rotatable bonds is 6. The molecule has 4 nitrogen and oxygen atoms in total. The van der Waals surface area contributed by atoms with Gasteiger partial charge in [-0.05, 0) is 36.6 Å². The van der Waals surface area contributed by atoms with Crippen molar-refractivity contribution in [1.29, 1.82) is 0 Å². The van der Waals surface area contributed by atoms with E-state index >= 15 is 0 Å². The molecule has 23 heavy (non-hydrogen) atoms. The number of aryl methyl sites for hydroxylation is 1. The number of hydrogen-bond donors (Lipinski definition) is 1. The number of nitrogens with zero attached hydrogens (tertiary/aromatic N) is 1. The van der Waals surface area contributed by atoms with Gasteiger partial charge in [0.1, 0.15) is 5.75 Å². The number of hydrogen-bond acceptors (Lipinski definition) is 2. The van der Waals surface area contributed by atoms with Crippen molar-refractivity contribution in [2.24, 2.45) is 0 Å². The van der Waals surface area contributed by atoms with E-state index in [4.69, 9.17) is 4.74 Å². The van der Waals surface area contributed by atoms with E-state index in [1.165, 1.54) is 10.9 Å². The van der Waals surface area contributed by atoms with Crippen LogP contribution in [0.4, 0.5) is 0 Å². The van der Waals surface area contributed by atoms with E-state index in [2.05, 4.69) is 35.0 Å². The second-order valence-corrected chi connectivity index (χ2v) is 5.32. The standard InChI is InChI=1S/C19H20N2O2/c1-2-21-16(12-15-8-6-7-11-18(15)21)13-20-19(22)14-23-17-9-4-3-5-10-17/h3-12H,2,13-14H2,1H3,(H,20,22). The molecule has 0 saturated heterocycles. The third-order valence-electron chi connectivity index (χ3n) is 3.79. The minimum absolute atomic E-state index is 0.0242. The molecule has 0 fully saturated rings. The van der Waals surface area contributed by atoms with Gasteiger partial charge < -0.3 is 14.6 Å². The summed E-state index contributed by atoms with van der Waals surface area (Å²) in [6.07, 6.45) is 0. The molecule has 0 radical (unpaired) electrons. The Morgan fingerprint density at radius 1 is 1.09 bits per heavy atom. The number of nitrogens with one attached hydrogen (secondary N) is 1. The fourth-order valence-electron chi connectivity index (χ4n) is 2.69. The molecule has 0 aliphatic carbocycles. The molecule has 0 bridgehead atoms. The molecule has 0 aliphatic heterocycles. The summed E-state index contributed by atoms with van der Waals surface area (Å²) in [6.45, 7) is 3.51. The van der Waals surface area contributed by atoms with Crippen LogP contribution in [-0.2, 0) is 17.9 Å². The maximum absolute atomic E-state index is 12.0. The molecule has 1 amide bonds. The summed E-state index contributed by atoms with van der Waals surface area (Å²) in [5, 5.41) is 4.11. The molecule has 0 unspecified atom stereocenters.